The summed E-state index contributed by atoms with van der Waals surface area (Å²) in [6.07, 6.45) is -0.656. The van der Waals surface area contributed by atoms with Crippen LogP contribution in [0.3, 0.4) is 0 Å². The lowest BCUT2D eigenvalue weighted by molar-refractivity contribution is -0.117. The SMILES string of the molecule is CN(CC(=O)Nc1ccc(S(=O)(=O)Nc2cccc(S(N)(=O)=O)c2)cc1)C(=O)OC(C)(C)C. The highest BCUT2D eigenvalue weighted by atomic mass is 32.2. The first-order chi connectivity index (χ1) is 15.1. The number of anilines is 2. The van der Waals surface area contributed by atoms with E-state index in [4.69, 9.17) is 9.88 Å². The number of hydrogen-bond acceptors (Lipinski definition) is 7. The van der Waals surface area contributed by atoms with E-state index in [9.17, 15) is 26.4 Å². The number of nitrogens with two attached hydrogens (primary N) is 1. The molecule has 2 aromatic rings. The maximum absolute atomic E-state index is 12.6. The Morgan fingerprint density at radius 1 is 0.970 bits per heavy atom. The number of amides is 2. The van der Waals surface area contributed by atoms with E-state index >= 15 is 0 Å². The van der Waals surface area contributed by atoms with Gasteiger partial charge in [0.2, 0.25) is 15.9 Å². The molecule has 0 heterocycles. The quantitative estimate of drug-likeness (QED) is 0.525. The number of likely N-dealkylation sites (N-methyl/N-ethyl adjacent to an activating group) is 1. The molecule has 180 valence electrons. The average molecular weight is 499 g/mol. The summed E-state index contributed by atoms with van der Waals surface area (Å²) in [4.78, 5) is 24.9. The number of benzene rings is 2. The second-order valence-corrected chi connectivity index (χ2v) is 11.3. The van der Waals surface area contributed by atoms with Crippen LogP contribution < -0.4 is 15.2 Å². The molecule has 2 rings (SSSR count). The molecule has 2 aromatic carbocycles. The van der Waals surface area contributed by atoms with E-state index in [1.165, 1.54) is 49.5 Å². The van der Waals surface area contributed by atoms with Gasteiger partial charge in [0.1, 0.15) is 12.1 Å². The minimum Gasteiger partial charge on any atom is -0.444 e. The van der Waals surface area contributed by atoms with Crippen LogP contribution in [0.4, 0.5) is 16.2 Å². The van der Waals surface area contributed by atoms with Crippen molar-refractivity contribution in [2.24, 2.45) is 5.14 Å². The molecule has 0 atom stereocenters. The lowest BCUT2D eigenvalue weighted by atomic mass is 10.2. The molecule has 0 fully saturated rings. The minimum absolute atomic E-state index is 0.0177. The summed E-state index contributed by atoms with van der Waals surface area (Å²) >= 11 is 0. The summed E-state index contributed by atoms with van der Waals surface area (Å²) in [5.74, 6) is -0.503. The molecule has 0 aliphatic carbocycles. The number of ether oxygens (including phenoxy) is 1. The molecule has 4 N–H and O–H groups in total. The van der Waals surface area contributed by atoms with Gasteiger partial charge >= 0.3 is 6.09 Å². The Labute approximate surface area is 193 Å². The number of carbonyl (C=O) groups excluding carboxylic acids is 2. The lowest BCUT2D eigenvalue weighted by Gasteiger charge is -2.24. The maximum Gasteiger partial charge on any atom is 0.410 e. The molecule has 2 amide bonds. The Balaban J connectivity index is 2.04. The fourth-order valence-corrected chi connectivity index (χ4v) is 4.10. The molecule has 0 aromatic heterocycles. The van der Waals surface area contributed by atoms with E-state index < -0.39 is 37.6 Å². The van der Waals surface area contributed by atoms with Crippen molar-refractivity contribution in [3.8, 4) is 0 Å². The van der Waals surface area contributed by atoms with Gasteiger partial charge in [-0.05, 0) is 63.2 Å². The fourth-order valence-electron chi connectivity index (χ4n) is 2.49. The smallest absolute Gasteiger partial charge is 0.410 e. The van der Waals surface area contributed by atoms with Crippen molar-refractivity contribution in [2.75, 3.05) is 23.6 Å². The van der Waals surface area contributed by atoms with Crippen molar-refractivity contribution in [1.29, 1.82) is 0 Å². The van der Waals surface area contributed by atoms with Gasteiger partial charge in [-0.25, -0.2) is 26.8 Å². The van der Waals surface area contributed by atoms with Crippen molar-refractivity contribution in [3.63, 3.8) is 0 Å². The van der Waals surface area contributed by atoms with Crippen LogP contribution in [0.2, 0.25) is 0 Å². The number of hydrogen-bond donors (Lipinski definition) is 3. The Hall–Kier alpha value is -3.16. The van der Waals surface area contributed by atoms with E-state index in [-0.39, 0.29) is 22.0 Å². The summed E-state index contributed by atoms with van der Waals surface area (Å²) in [7, 11) is -6.61. The van der Waals surface area contributed by atoms with Crippen LogP contribution in [-0.2, 0) is 29.6 Å². The summed E-state index contributed by atoms with van der Waals surface area (Å²) in [5, 5.41) is 7.62. The van der Waals surface area contributed by atoms with Gasteiger partial charge < -0.3 is 15.0 Å². The molecule has 0 radical (unpaired) electrons. The van der Waals surface area contributed by atoms with Gasteiger partial charge in [-0.1, -0.05) is 6.07 Å². The number of nitrogens with one attached hydrogen (secondary N) is 2. The van der Waals surface area contributed by atoms with Gasteiger partial charge in [-0.3, -0.25) is 9.52 Å². The monoisotopic (exact) mass is 498 g/mol. The van der Waals surface area contributed by atoms with Crippen LogP contribution in [-0.4, -0.2) is 52.9 Å². The van der Waals surface area contributed by atoms with Crippen molar-refractivity contribution < 1.29 is 31.2 Å². The molecule has 13 heteroatoms. The number of carbonyl (C=O) groups is 2. The predicted molar refractivity (Wildman–Crippen MR) is 123 cm³/mol. The molecule has 0 aliphatic heterocycles. The topological polar surface area (TPSA) is 165 Å². The minimum atomic E-state index is -4.04. The zero-order valence-corrected chi connectivity index (χ0v) is 20.2. The highest BCUT2D eigenvalue weighted by Crippen LogP contribution is 2.20. The highest BCUT2D eigenvalue weighted by molar-refractivity contribution is 7.92. The van der Waals surface area contributed by atoms with Gasteiger partial charge in [0.15, 0.2) is 0 Å². The van der Waals surface area contributed by atoms with Crippen molar-refractivity contribution >= 4 is 43.4 Å². The lowest BCUT2D eigenvalue weighted by Crippen LogP contribution is -2.38. The Kier molecular flexibility index (Phi) is 7.72. The fraction of sp³-hybridized carbons (Fsp3) is 0.300. The van der Waals surface area contributed by atoms with Crippen LogP contribution in [0.15, 0.2) is 58.3 Å². The van der Waals surface area contributed by atoms with Gasteiger partial charge in [0, 0.05) is 12.7 Å². The normalized spacial score (nSPS) is 12.0. The summed E-state index contributed by atoms with van der Waals surface area (Å²) in [6.45, 7) is 4.86. The van der Waals surface area contributed by atoms with Crippen molar-refractivity contribution in [3.05, 3.63) is 48.5 Å². The van der Waals surface area contributed by atoms with E-state index in [0.717, 1.165) is 11.0 Å². The van der Waals surface area contributed by atoms with Crippen LogP contribution in [0.1, 0.15) is 20.8 Å². The average Bonchev–Trinajstić information content (AvgIpc) is 2.66. The third kappa shape index (κ3) is 8.04. The largest absolute Gasteiger partial charge is 0.444 e. The third-order valence-corrected chi connectivity index (χ3v) is 6.26. The molecular weight excluding hydrogens is 472 g/mol. The second kappa shape index (κ2) is 9.77. The number of rotatable bonds is 7. The highest BCUT2D eigenvalue weighted by Gasteiger charge is 2.21. The zero-order chi connectivity index (χ0) is 25.0. The van der Waals surface area contributed by atoms with E-state index in [2.05, 4.69) is 10.0 Å². The van der Waals surface area contributed by atoms with Gasteiger partial charge in [0.05, 0.1) is 15.5 Å². The molecule has 0 spiro atoms. The molecule has 11 nitrogen and oxygen atoms in total. The molecule has 0 saturated heterocycles. The zero-order valence-electron chi connectivity index (χ0n) is 18.5. The van der Waals surface area contributed by atoms with Gasteiger partial charge in [-0.2, -0.15) is 0 Å². The van der Waals surface area contributed by atoms with Crippen LogP contribution in [0.5, 0.6) is 0 Å². The number of sulfonamides is 2. The van der Waals surface area contributed by atoms with Crippen LogP contribution in [0.25, 0.3) is 0 Å². The maximum atomic E-state index is 12.6. The Bertz CT molecular complexity index is 1240. The summed E-state index contributed by atoms with van der Waals surface area (Å²) < 4.78 is 55.5. The Morgan fingerprint density at radius 3 is 2.12 bits per heavy atom. The molecular formula is C20H26N4O7S2. The van der Waals surface area contributed by atoms with E-state index in [1.807, 2.05) is 0 Å². The van der Waals surface area contributed by atoms with Crippen molar-refractivity contribution in [1.82, 2.24) is 4.90 Å². The van der Waals surface area contributed by atoms with E-state index in [0.29, 0.717) is 5.69 Å². The first-order valence-electron chi connectivity index (χ1n) is 9.56. The van der Waals surface area contributed by atoms with Gasteiger partial charge in [-0.15, -0.1) is 0 Å². The number of primary sulfonamides is 1. The first kappa shape index (κ1) is 26.1. The second-order valence-electron chi connectivity index (χ2n) is 8.09. The number of nitrogens with zero attached hydrogens (tertiary/aromatic N) is 1. The summed E-state index contributed by atoms with van der Waals surface area (Å²) in [5.41, 5.74) is -0.367. The molecule has 0 aliphatic rings. The van der Waals surface area contributed by atoms with Gasteiger partial charge in [0.25, 0.3) is 10.0 Å². The third-order valence-electron chi connectivity index (χ3n) is 3.95. The van der Waals surface area contributed by atoms with Crippen LogP contribution in [0, 0.1) is 0 Å². The van der Waals surface area contributed by atoms with Crippen LogP contribution >= 0.6 is 0 Å². The predicted octanol–water partition coefficient (Wildman–Crippen LogP) is 1.94. The Morgan fingerprint density at radius 2 is 1.58 bits per heavy atom. The molecule has 33 heavy (non-hydrogen) atoms. The molecule has 0 unspecified atom stereocenters. The van der Waals surface area contributed by atoms with Crippen molar-refractivity contribution in [2.45, 2.75) is 36.2 Å². The summed E-state index contributed by atoms with van der Waals surface area (Å²) in [6, 6.07) is 10.3. The van der Waals surface area contributed by atoms with E-state index in [1.54, 1.807) is 20.8 Å². The standard InChI is InChI=1S/C20H26N4O7S2/c1-20(2,3)31-19(26)24(4)13-18(25)22-14-8-10-16(11-9-14)33(29,30)23-15-6-5-7-17(12-15)32(21,27)28/h5-12,23H,13H2,1-4H3,(H,22,25)(H2,21,27,28). The first-order valence-corrected chi connectivity index (χ1v) is 12.6. The molecule has 0 bridgehead atoms. The molecule has 0 saturated carbocycles.